The van der Waals surface area contributed by atoms with Crippen LogP contribution >= 0.6 is 11.3 Å². The summed E-state index contributed by atoms with van der Waals surface area (Å²) >= 11 is 1.58. The Labute approximate surface area is 107 Å². The second-order valence-electron chi connectivity index (χ2n) is 4.87. The van der Waals surface area contributed by atoms with Crippen LogP contribution in [0.15, 0.2) is 5.38 Å². The van der Waals surface area contributed by atoms with Gasteiger partial charge in [-0.05, 0) is 27.8 Å². The van der Waals surface area contributed by atoms with Gasteiger partial charge in [-0.3, -0.25) is 4.79 Å². The summed E-state index contributed by atoms with van der Waals surface area (Å²) in [7, 11) is 1.85. The van der Waals surface area contributed by atoms with E-state index in [1.165, 1.54) is 0 Å². The van der Waals surface area contributed by atoms with Crippen molar-refractivity contribution in [1.29, 1.82) is 0 Å². The van der Waals surface area contributed by atoms with Gasteiger partial charge in [0.1, 0.15) is 5.01 Å². The average Bonchev–Trinajstić information content (AvgIpc) is 2.65. The predicted molar refractivity (Wildman–Crippen MR) is 71.1 cm³/mol. The molecule has 0 spiro atoms. The number of carbonyl (C=O) groups is 1. The Hall–Kier alpha value is -0.940. The van der Waals surface area contributed by atoms with E-state index in [9.17, 15) is 4.79 Å². The van der Waals surface area contributed by atoms with Crippen LogP contribution in [-0.4, -0.2) is 24.5 Å². The molecule has 4 nitrogen and oxygen atoms in total. The molecule has 2 N–H and O–H groups in total. The summed E-state index contributed by atoms with van der Waals surface area (Å²) < 4.78 is 0. The first-order valence-corrected chi connectivity index (χ1v) is 6.64. The predicted octanol–water partition coefficient (Wildman–Crippen LogP) is 1.66. The monoisotopic (exact) mass is 255 g/mol. The number of rotatable bonds is 5. The van der Waals surface area contributed by atoms with E-state index in [-0.39, 0.29) is 11.8 Å². The first kappa shape index (κ1) is 14.1. The van der Waals surface area contributed by atoms with Crippen LogP contribution in [0.5, 0.6) is 0 Å². The standard InChI is InChI=1S/C12H21N3OS/c1-8(6-13-5)10(16)15-12(3,4)11-14-9(2)7-17-11/h7-8,13H,6H2,1-5H3,(H,15,16). The summed E-state index contributed by atoms with van der Waals surface area (Å²) in [6, 6.07) is 0. The van der Waals surface area contributed by atoms with Crippen molar-refractivity contribution < 1.29 is 4.79 Å². The average molecular weight is 255 g/mol. The molecule has 0 aliphatic heterocycles. The Bertz CT molecular complexity index is 387. The SMILES string of the molecule is CNCC(C)C(=O)NC(C)(C)c1nc(C)cs1. The zero-order valence-electron chi connectivity index (χ0n) is 11.1. The molecule has 0 saturated heterocycles. The number of hydrogen-bond donors (Lipinski definition) is 2. The third kappa shape index (κ3) is 3.78. The lowest BCUT2D eigenvalue weighted by Gasteiger charge is -2.25. The fraction of sp³-hybridized carbons (Fsp3) is 0.667. The van der Waals surface area contributed by atoms with Crippen molar-refractivity contribution in [2.75, 3.05) is 13.6 Å². The van der Waals surface area contributed by atoms with Gasteiger partial charge in [-0.2, -0.15) is 0 Å². The first-order valence-electron chi connectivity index (χ1n) is 5.76. The van der Waals surface area contributed by atoms with Gasteiger partial charge in [0.05, 0.1) is 5.54 Å². The van der Waals surface area contributed by atoms with Gasteiger partial charge in [0.2, 0.25) is 5.91 Å². The fourth-order valence-electron chi connectivity index (χ4n) is 1.52. The molecule has 0 aromatic carbocycles. The van der Waals surface area contributed by atoms with Gasteiger partial charge >= 0.3 is 0 Å². The summed E-state index contributed by atoms with van der Waals surface area (Å²) in [5, 5.41) is 8.99. The number of carbonyl (C=O) groups excluding carboxylic acids is 1. The van der Waals surface area contributed by atoms with Gasteiger partial charge in [0, 0.05) is 23.5 Å². The topological polar surface area (TPSA) is 54.0 Å². The van der Waals surface area contributed by atoms with E-state index in [1.807, 2.05) is 40.1 Å². The number of nitrogens with one attached hydrogen (secondary N) is 2. The molecule has 96 valence electrons. The molecule has 1 amide bonds. The highest BCUT2D eigenvalue weighted by atomic mass is 32.1. The van der Waals surface area contributed by atoms with Crippen LogP contribution in [0.4, 0.5) is 0 Å². The van der Waals surface area contributed by atoms with Crippen LogP contribution in [0.1, 0.15) is 31.5 Å². The van der Waals surface area contributed by atoms with E-state index < -0.39 is 5.54 Å². The smallest absolute Gasteiger partial charge is 0.224 e. The van der Waals surface area contributed by atoms with Gasteiger partial charge in [0.25, 0.3) is 0 Å². The highest BCUT2D eigenvalue weighted by Gasteiger charge is 2.27. The number of aryl methyl sites for hydroxylation is 1. The number of hydrogen-bond acceptors (Lipinski definition) is 4. The maximum atomic E-state index is 12.0. The lowest BCUT2D eigenvalue weighted by molar-refractivity contribution is -0.126. The van der Waals surface area contributed by atoms with Gasteiger partial charge < -0.3 is 10.6 Å². The van der Waals surface area contributed by atoms with Crippen LogP contribution in [0.3, 0.4) is 0 Å². The summed E-state index contributed by atoms with van der Waals surface area (Å²) in [4.78, 5) is 16.4. The lowest BCUT2D eigenvalue weighted by Crippen LogP contribution is -2.45. The molecule has 0 aliphatic rings. The molecule has 17 heavy (non-hydrogen) atoms. The van der Waals surface area contributed by atoms with Crippen molar-refractivity contribution >= 4 is 17.2 Å². The van der Waals surface area contributed by atoms with Crippen molar-refractivity contribution in [2.45, 2.75) is 33.2 Å². The highest BCUT2D eigenvalue weighted by molar-refractivity contribution is 7.09. The molecular weight excluding hydrogens is 234 g/mol. The number of amides is 1. The molecule has 0 fully saturated rings. The summed E-state index contributed by atoms with van der Waals surface area (Å²) in [5.74, 6) is 0.0116. The molecule has 0 bridgehead atoms. The minimum Gasteiger partial charge on any atom is -0.344 e. The first-order chi connectivity index (χ1) is 7.86. The number of aromatic nitrogens is 1. The lowest BCUT2D eigenvalue weighted by atomic mass is 10.0. The van der Waals surface area contributed by atoms with Gasteiger partial charge in [-0.1, -0.05) is 6.92 Å². The van der Waals surface area contributed by atoms with Crippen LogP contribution < -0.4 is 10.6 Å². The third-order valence-electron chi connectivity index (χ3n) is 2.55. The van der Waals surface area contributed by atoms with E-state index in [0.717, 1.165) is 10.7 Å². The van der Waals surface area contributed by atoms with E-state index in [0.29, 0.717) is 6.54 Å². The molecule has 0 radical (unpaired) electrons. The zero-order chi connectivity index (χ0) is 13.1. The molecule has 5 heteroatoms. The van der Waals surface area contributed by atoms with Gasteiger partial charge in [0.15, 0.2) is 0 Å². The largest absolute Gasteiger partial charge is 0.344 e. The van der Waals surface area contributed by atoms with Gasteiger partial charge in [-0.15, -0.1) is 11.3 Å². The Kier molecular flexibility index (Phi) is 4.65. The fourth-order valence-corrected chi connectivity index (χ4v) is 2.40. The summed E-state index contributed by atoms with van der Waals surface area (Å²) in [6.45, 7) is 8.51. The van der Waals surface area contributed by atoms with Crippen molar-refractivity contribution in [3.05, 3.63) is 16.1 Å². The quantitative estimate of drug-likeness (QED) is 0.841. The maximum Gasteiger partial charge on any atom is 0.224 e. The van der Waals surface area contributed by atoms with Crippen molar-refractivity contribution in [3.8, 4) is 0 Å². The second kappa shape index (κ2) is 5.60. The summed E-state index contributed by atoms with van der Waals surface area (Å²) in [6.07, 6.45) is 0. The molecule has 1 rings (SSSR count). The van der Waals surface area contributed by atoms with E-state index in [1.54, 1.807) is 11.3 Å². The number of thiazole rings is 1. The van der Waals surface area contributed by atoms with Crippen molar-refractivity contribution in [2.24, 2.45) is 5.92 Å². The zero-order valence-corrected chi connectivity index (χ0v) is 11.9. The molecule has 1 aromatic heterocycles. The maximum absolute atomic E-state index is 12.0. The molecule has 1 atom stereocenters. The minimum atomic E-state index is -0.405. The molecule has 1 aromatic rings. The van der Waals surface area contributed by atoms with E-state index in [2.05, 4.69) is 15.6 Å². The van der Waals surface area contributed by atoms with E-state index in [4.69, 9.17) is 0 Å². The molecule has 1 heterocycles. The molecule has 0 saturated carbocycles. The molecule has 1 unspecified atom stereocenters. The Morgan fingerprint density at radius 3 is 2.71 bits per heavy atom. The minimum absolute atomic E-state index is 0.0414. The normalized spacial score (nSPS) is 13.5. The van der Waals surface area contributed by atoms with Crippen LogP contribution in [0, 0.1) is 12.8 Å². The Morgan fingerprint density at radius 2 is 2.24 bits per heavy atom. The third-order valence-corrected chi connectivity index (χ3v) is 3.83. The Balaban J connectivity index is 2.69. The highest BCUT2D eigenvalue weighted by Crippen LogP contribution is 2.24. The summed E-state index contributed by atoms with van der Waals surface area (Å²) in [5.41, 5.74) is 0.591. The van der Waals surface area contributed by atoms with Crippen LogP contribution in [-0.2, 0) is 10.3 Å². The van der Waals surface area contributed by atoms with Crippen molar-refractivity contribution in [3.63, 3.8) is 0 Å². The van der Waals surface area contributed by atoms with Crippen LogP contribution in [0.2, 0.25) is 0 Å². The Morgan fingerprint density at radius 1 is 1.59 bits per heavy atom. The van der Waals surface area contributed by atoms with E-state index >= 15 is 0 Å². The molecular formula is C12H21N3OS. The second-order valence-corrected chi connectivity index (χ2v) is 5.73. The van der Waals surface area contributed by atoms with Gasteiger partial charge in [-0.25, -0.2) is 4.98 Å². The number of nitrogens with zero attached hydrogens (tertiary/aromatic N) is 1. The molecule has 0 aliphatic carbocycles. The van der Waals surface area contributed by atoms with Crippen molar-refractivity contribution in [1.82, 2.24) is 15.6 Å². The van der Waals surface area contributed by atoms with Crippen LogP contribution in [0.25, 0.3) is 0 Å².